The van der Waals surface area contributed by atoms with Gasteiger partial charge in [-0.25, -0.2) is 0 Å². The van der Waals surface area contributed by atoms with Crippen LogP contribution in [0.4, 0.5) is 0 Å². The number of aliphatic imine (C=N–C) groups is 1. The first-order valence-electron chi connectivity index (χ1n) is 7.46. The first-order valence-corrected chi connectivity index (χ1v) is 7.46. The van der Waals surface area contributed by atoms with E-state index in [-0.39, 0.29) is 0 Å². The summed E-state index contributed by atoms with van der Waals surface area (Å²) < 4.78 is 0. The zero-order chi connectivity index (χ0) is 15.0. The van der Waals surface area contributed by atoms with Gasteiger partial charge < -0.3 is 9.80 Å². The maximum Gasteiger partial charge on any atom is 0.195 e. The Labute approximate surface area is 120 Å². The Morgan fingerprint density at radius 2 is 1.42 bits per heavy atom. The molecule has 1 unspecified atom stereocenters. The topological polar surface area (TPSA) is 22.1 Å². The summed E-state index contributed by atoms with van der Waals surface area (Å²) in [5.74, 6) is 1.75. The lowest BCUT2D eigenvalue weighted by Gasteiger charge is -2.31. The molecule has 0 bridgehead atoms. The van der Waals surface area contributed by atoms with Crippen LogP contribution in [0, 0.1) is 5.92 Å². The first-order chi connectivity index (χ1) is 8.83. The number of nitrogens with zero attached hydrogens (tertiary/aromatic N) is 4. The van der Waals surface area contributed by atoms with E-state index in [4.69, 9.17) is 4.99 Å². The third kappa shape index (κ3) is 6.81. The average Bonchev–Trinajstić information content (AvgIpc) is 2.28. The van der Waals surface area contributed by atoms with Gasteiger partial charge in [0, 0.05) is 34.2 Å². The molecule has 0 aliphatic heterocycles. The second-order valence-electron chi connectivity index (χ2n) is 5.93. The van der Waals surface area contributed by atoms with Crippen molar-refractivity contribution in [1.82, 2.24) is 14.7 Å². The van der Waals surface area contributed by atoms with Crippen LogP contribution < -0.4 is 0 Å². The summed E-state index contributed by atoms with van der Waals surface area (Å²) in [6.45, 7) is 12.1. The minimum Gasteiger partial charge on any atom is -0.349 e. The highest BCUT2D eigenvalue weighted by Gasteiger charge is 2.17. The molecule has 0 aromatic heterocycles. The van der Waals surface area contributed by atoms with E-state index in [1.54, 1.807) is 0 Å². The van der Waals surface area contributed by atoms with Crippen molar-refractivity contribution in [3.63, 3.8) is 0 Å². The molecule has 1 atom stereocenters. The summed E-state index contributed by atoms with van der Waals surface area (Å²) in [5.41, 5.74) is 0. The van der Waals surface area contributed by atoms with Crippen molar-refractivity contribution in [2.24, 2.45) is 10.9 Å². The van der Waals surface area contributed by atoms with E-state index >= 15 is 0 Å². The van der Waals surface area contributed by atoms with Gasteiger partial charge >= 0.3 is 0 Å². The van der Waals surface area contributed by atoms with Gasteiger partial charge in [-0.15, -0.1) is 0 Å². The fraction of sp³-hybridized carbons (Fsp3) is 0.933. The van der Waals surface area contributed by atoms with Crippen molar-refractivity contribution in [2.45, 2.75) is 40.2 Å². The van der Waals surface area contributed by atoms with Gasteiger partial charge in [-0.2, -0.15) is 0 Å². The van der Waals surface area contributed by atoms with E-state index in [9.17, 15) is 0 Å². The molecule has 4 heteroatoms. The van der Waals surface area contributed by atoms with Gasteiger partial charge in [0.2, 0.25) is 0 Å². The Morgan fingerprint density at radius 1 is 0.947 bits per heavy atom. The first kappa shape index (κ1) is 18.2. The molecule has 0 amide bonds. The number of hydrogen-bond acceptors (Lipinski definition) is 2. The normalized spacial score (nSPS) is 12.7. The molecule has 0 aliphatic carbocycles. The van der Waals surface area contributed by atoms with Crippen LogP contribution in [-0.2, 0) is 0 Å². The molecule has 0 rings (SSSR count). The quantitative estimate of drug-likeness (QED) is 0.523. The molecule has 0 heterocycles. The Balaban J connectivity index is 4.84. The number of hydrogen-bond donors (Lipinski definition) is 0. The Morgan fingerprint density at radius 3 is 1.74 bits per heavy atom. The Bertz CT molecular complexity index is 245. The highest BCUT2D eigenvalue weighted by Crippen LogP contribution is 2.12. The minimum absolute atomic E-state index is 0.546. The molecular formula is C15H34N4. The summed E-state index contributed by atoms with van der Waals surface area (Å²) in [6.07, 6.45) is 1.21. The summed E-state index contributed by atoms with van der Waals surface area (Å²) in [4.78, 5) is 11.5. The van der Waals surface area contributed by atoms with Gasteiger partial charge in [0.1, 0.15) is 0 Å². The molecule has 19 heavy (non-hydrogen) atoms. The lowest BCUT2D eigenvalue weighted by atomic mass is 10.0. The summed E-state index contributed by atoms with van der Waals surface area (Å²) in [5, 5.41) is 0. The monoisotopic (exact) mass is 270 g/mol. The van der Waals surface area contributed by atoms with Gasteiger partial charge in [0.15, 0.2) is 5.96 Å². The van der Waals surface area contributed by atoms with Crippen LogP contribution in [-0.4, -0.2) is 74.5 Å². The molecule has 0 saturated heterocycles. The predicted octanol–water partition coefficient (Wildman–Crippen LogP) is 2.22. The second-order valence-corrected chi connectivity index (χ2v) is 5.93. The van der Waals surface area contributed by atoms with Gasteiger partial charge in [0.25, 0.3) is 0 Å². The molecule has 0 saturated carbocycles. The van der Waals surface area contributed by atoms with E-state index in [0.717, 1.165) is 25.6 Å². The van der Waals surface area contributed by atoms with E-state index in [1.165, 1.54) is 6.42 Å². The lowest BCUT2D eigenvalue weighted by Crippen LogP contribution is -2.40. The van der Waals surface area contributed by atoms with Gasteiger partial charge in [-0.3, -0.25) is 9.89 Å². The standard InChI is InChI=1S/C15H34N4/c1-9-19(10-2)14(11-13(3)4)12-16-15(17(5)6)18(7)8/h13-14H,9-12H2,1-8H3. The highest BCUT2D eigenvalue weighted by molar-refractivity contribution is 5.79. The van der Waals surface area contributed by atoms with E-state index < -0.39 is 0 Å². The van der Waals surface area contributed by atoms with Crippen LogP contribution in [0.5, 0.6) is 0 Å². The maximum absolute atomic E-state index is 4.82. The van der Waals surface area contributed by atoms with E-state index in [2.05, 4.69) is 42.4 Å². The second kappa shape index (κ2) is 9.18. The molecule has 0 aliphatic rings. The number of rotatable bonds is 7. The zero-order valence-electron chi connectivity index (χ0n) is 14.3. The molecule has 0 aromatic rings. The number of guanidine groups is 1. The maximum atomic E-state index is 4.82. The van der Waals surface area contributed by atoms with Crippen molar-refractivity contribution in [2.75, 3.05) is 47.8 Å². The fourth-order valence-corrected chi connectivity index (χ4v) is 2.49. The van der Waals surface area contributed by atoms with Crippen molar-refractivity contribution >= 4 is 5.96 Å². The highest BCUT2D eigenvalue weighted by atomic mass is 15.3. The van der Waals surface area contributed by atoms with Gasteiger partial charge in [-0.05, 0) is 25.4 Å². The molecule has 0 N–H and O–H groups in total. The summed E-state index contributed by atoms with van der Waals surface area (Å²) >= 11 is 0. The molecule has 0 spiro atoms. The predicted molar refractivity (Wildman–Crippen MR) is 85.8 cm³/mol. The molecule has 4 nitrogen and oxygen atoms in total. The van der Waals surface area contributed by atoms with Crippen LogP contribution in [0.1, 0.15) is 34.1 Å². The van der Waals surface area contributed by atoms with Crippen LogP contribution in [0.3, 0.4) is 0 Å². The smallest absolute Gasteiger partial charge is 0.195 e. The van der Waals surface area contributed by atoms with Crippen LogP contribution in [0.2, 0.25) is 0 Å². The lowest BCUT2D eigenvalue weighted by molar-refractivity contribution is 0.195. The third-order valence-electron chi connectivity index (χ3n) is 3.32. The largest absolute Gasteiger partial charge is 0.349 e. The van der Waals surface area contributed by atoms with E-state index in [1.807, 2.05) is 28.2 Å². The summed E-state index contributed by atoms with van der Waals surface area (Å²) in [6, 6.07) is 0.546. The zero-order valence-corrected chi connectivity index (χ0v) is 14.3. The Hall–Kier alpha value is -0.770. The minimum atomic E-state index is 0.546. The molecular weight excluding hydrogens is 236 g/mol. The van der Waals surface area contributed by atoms with Crippen LogP contribution >= 0.6 is 0 Å². The third-order valence-corrected chi connectivity index (χ3v) is 3.32. The van der Waals surface area contributed by atoms with Crippen LogP contribution in [0.25, 0.3) is 0 Å². The SMILES string of the molecule is CCN(CC)C(CN=C(N(C)C)N(C)C)CC(C)C. The molecule has 0 aromatic carbocycles. The van der Waals surface area contributed by atoms with Gasteiger partial charge in [0.05, 0.1) is 6.54 Å². The Kier molecular flexibility index (Phi) is 8.81. The fourth-order valence-electron chi connectivity index (χ4n) is 2.49. The average molecular weight is 270 g/mol. The van der Waals surface area contributed by atoms with Crippen molar-refractivity contribution in [1.29, 1.82) is 0 Å². The number of likely N-dealkylation sites (N-methyl/N-ethyl adjacent to an activating group) is 1. The summed E-state index contributed by atoms with van der Waals surface area (Å²) in [7, 11) is 8.20. The van der Waals surface area contributed by atoms with Crippen LogP contribution in [0.15, 0.2) is 4.99 Å². The van der Waals surface area contributed by atoms with Crippen molar-refractivity contribution in [3.8, 4) is 0 Å². The van der Waals surface area contributed by atoms with E-state index in [0.29, 0.717) is 12.0 Å². The molecule has 0 radical (unpaired) electrons. The van der Waals surface area contributed by atoms with Crippen molar-refractivity contribution in [3.05, 3.63) is 0 Å². The molecule has 114 valence electrons. The van der Waals surface area contributed by atoms with Crippen molar-refractivity contribution < 1.29 is 0 Å². The van der Waals surface area contributed by atoms with Gasteiger partial charge in [-0.1, -0.05) is 27.7 Å². The molecule has 0 fully saturated rings.